The monoisotopic (exact) mass is 255 g/mol. The van der Waals surface area contributed by atoms with Gasteiger partial charge in [0.05, 0.1) is 12.9 Å². The summed E-state index contributed by atoms with van der Waals surface area (Å²) in [6.45, 7) is 5.06. The summed E-state index contributed by atoms with van der Waals surface area (Å²) < 4.78 is 16.6. The average Bonchev–Trinajstić information content (AvgIpc) is 2.25. The molecular weight excluding hydrogens is 234 g/mol. The summed E-state index contributed by atoms with van der Waals surface area (Å²) in [6, 6.07) is 6.51. The number of methoxy groups -OCH3 is 1. The Morgan fingerprint density at radius 3 is 2.65 bits per heavy atom. The van der Waals surface area contributed by atoms with Crippen LogP contribution in [0.2, 0.25) is 0 Å². The van der Waals surface area contributed by atoms with Crippen LogP contribution in [0.25, 0.3) is 0 Å². The van der Waals surface area contributed by atoms with E-state index in [1.165, 1.54) is 5.56 Å². The third-order valence-electron chi connectivity index (χ3n) is 2.42. The predicted molar refractivity (Wildman–Crippen MR) is 72.7 cm³/mol. The highest BCUT2D eigenvalue weighted by atomic mass is 32.2. The maximum atomic E-state index is 11.3. The molecule has 0 heterocycles. The summed E-state index contributed by atoms with van der Waals surface area (Å²) in [4.78, 5) is 0. The molecule has 0 radical (unpaired) electrons. The van der Waals surface area contributed by atoms with Crippen molar-refractivity contribution in [2.24, 2.45) is 0 Å². The van der Waals surface area contributed by atoms with E-state index < -0.39 is 10.8 Å². The summed E-state index contributed by atoms with van der Waals surface area (Å²) in [5.41, 5.74) is 2.20. The first kappa shape index (κ1) is 14.2. The summed E-state index contributed by atoms with van der Waals surface area (Å²) in [6.07, 6.45) is 1.71. The van der Waals surface area contributed by atoms with Crippen LogP contribution in [-0.4, -0.2) is 23.6 Å². The van der Waals surface area contributed by atoms with E-state index in [0.29, 0.717) is 11.8 Å². The van der Waals surface area contributed by atoms with Crippen LogP contribution in [0.3, 0.4) is 0 Å². The second kappa shape index (κ2) is 6.77. The standard InChI is InChI=1S/C13H21NO2S/c1-10(2)14-8-11-5-6-13(16-3)12(7-11)9-17(4)15/h5-7,10,14H,8-9H2,1-4H3. The molecule has 1 N–H and O–H groups in total. The minimum absolute atomic E-state index is 0.459. The lowest BCUT2D eigenvalue weighted by Gasteiger charge is -2.12. The van der Waals surface area contributed by atoms with Gasteiger partial charge in [0.1, 0.15) is 5.75 Å². The van der Waals surface area contributed by atoms with Crippen LogP contribution in [0.15, 0.2) is 18.2 Å². The zero-order valence-electron chi connectivity index (χ0n) is 10.9. The van der Waals surface area contributed by atoms with Crippen LogP contribution in [0.5, 0.6) is 5.75 Å². The molecule has 0 aromatic heterocycles. The minimum Gasteiger partial charge on any atom is -0.496 e. The van der Waals surface area contributed by atoms with Crippen molar-refractivity contribution in [3.63, 3.8) is 0 Å². The Kier molecular flexibility index (Phi) is 5.65. The maximum Gasteiger partial charge on any atom is 0.123 e. The molecule has 1 aromatic carbocycles. The molecule has 96 valence electrons. The van der Waals surface area contributed by atoms with Gasteiger partial charge >= 0.3 is 0 Å². The molecule has 4 heteroatoms. The van der Waals surface area contributed by atoms with Crippen LogP contribution in [0.4, 0.5) is 0 Å². The van der Waals surface area contributed by atoms with E-state index >= 15 is 0 Å². The Hall–Kier alpha value is -0.870. The van der Waals surface area contributed by atoms with Gasteiger partial charge in [0, 0.05) is 35.2 Å². The molecule has 3 nitrogen and oxygen atoms in total. The van der Waals surface area contributed by atoms with Crippen molar-refractivity contribution < 1.29 is 8.95 Å². The normalized spacial score (nSPS) is 12.8. The van der Waals surface area contributed by atoms with E-state index in [2.05, 4.69) is 25.2 Å². The molecule has 1 unspecified atom stereocenters. The number of ether oxygens (including phenoxy) is 1. The largest absolute Gasteiger partial charge is 0.496 e. The van der Waals surface area contributed by atoms with Gasteiger partial charge in [0.25, 0.3) is 0 Å². The minimum atomic E-state index is -0.850. The Balaban J connectivity index is 2.84. The Labute approximate surface area is 106 Å². The summed E-state index contributed by atoms with van der Waals surface area (Å²) in [5.74, 6) is 1.35. The van der Waals surface area contributed by atoms with Crippen molar-refractivity contribution in [2.45, 2.75) is 32.2 Å². The van der Waals surface area contributed by atoms with Gasteiger partial charge < -0.3 is 10.1 Å². The van der Waals surface area contributed by atoms with Gasteiger partial charge in [-0.25, -0.2) is 0 Å². The molecule has 0 bridgehead atoms. The van der Waals surface area contributed by atoms with Gasteiger partial charge in [-0.1, -0.05) is 19.9 Å². The second-order valence-corrected chi connectivity index (χ2v) is 5.83. The van der Waals surface area contributed by atoms with Crippen molar-refractivity contribution in [2.75, 3.05) is 13.4 Å². The molecule has 0 aliphatic carbocycles. The Bertz CT molecular complexity index is 391. The molecule has 0 aliphatic rings. The average molecular weight is 255 g/mol. The number of hydrogen-bond acceptors (Lipinski definition) is 3. The van der Waals surface area contributed by atoms with Gasteiger partial charge in [-0.3, -0.25) is 4.21 Å². The fourth-order valence-electron chi connectivity index (χ4n) is 1.60. The van der Waals surface area contributed by atoms with E-state index in [9.17, 15) is 4.21 Å². The van der Waals surface area contributed by atoms with Gasteiger partial charge in [0.15, 0.2) is 0 Å². The van der Waals surface area contributed by atoms with Crippen LogP contribution < -0.4 is 10.1 Å². The lowest BCUT2D eigenvalue weighted by molar-refractivity contribution is 0.411. The first-order valence-corrected chi connectivity index (χ1v) is 7.45. The predicted octanol–water partition coefficient (Wildman–Crippen LogP) is 2.07. The number of benzene rings is 1. The molecular formula is C13H21NO2S. The second-order valence-electron chi connectivity index (χ2n) is 4.40. The van der Waals surface area contributed by atoms with Crippen molar-refractivity contribution in [1.82, 2.24) is 5.32 Å². The summed E-state index contributed by atoms with van der Waals surface area (Å²) in [7, 11) is 0.792. The van der Waals surface area contributed by atoms with Crippen molar-refractivity contribution in [3.8, 4) is 5.75 Å². The maximum absolute atomic E-state index is 11.3. The smallest absolute Gasteiger partial charge is 0.123 e. The SMILES string of the molecule is COc1ccc(CNC(C)C)cc1CS(C)=O. The van der Waals surface area contributed by atoms with E-state index in [0.717, 1.165) is 17.9 Å². The molecule has 0 saturated heterocycles. The van der Waals surface area contributed by atoms with Crippen LogP contribution in [0, 0.1) is 0 Å². The van der Waals surface area contributed by atoms with Crippen LogP contribution in [0.1, 0.15) is 25.0 Å². The quantitative estimate of drug-likeness (QED) is 0.845. The fourth-order valence-corrected chi connectivity index (χ4v) is 2.26. The number of hydrogen-bond donors (Lipinski definition) is 1. The third kappa shape index (κ3) is 4.88. The van der Waals surface area contributed by atoms with Gasteiger partial charge in [-0.05, 0) is 17.7 Å². The molecule has 0 amide bonds. The van der Waals surface area contributed by atoms with Gasteiger partial charge in [0.2, 0.25) is 0 Å². The molecule has 0 aliphatic heterocycles. The van der Waals surface area contributed by atoms with Crippen molar-refractivity contribution >= 4 is 10.8 Å². The molecule has 0 fully saturated rings. The highest BCUT2D eigenvalue weighted by Gasteiger charge is 2.06. The number of rotatable bonds is 6. The van der Waals surface area contributed by atoms with E-state index in [4.69, 9.17) is 4.74 Å². The fraction of sp³-hybridized carbons (Fsp3) is 0.538. The Morgan fingerprint density at radius 1 is 1.41 bits per heavy atom. The van der Waals surface area contributed by atoms with Crippen LogP contribution >= 0.6 is 0 Å². The van der Waals surface area contributed by atoms with E-state index in [1.807, 2.05) is 12.1 Å². The zero-order chi connectivity index (χ0) is 12.8. The highest BCUT2D eigenvalue weighted by molar-refractivity contribution is 7.83. The number of nitrogens with one attached hydrogen (secondary N) is 1. The summed E-state index contributed by atoms with van der Waals surface area (Å²) >= 11 is 0. The molecule has 0 saturated carbocycles. The molecule has 17 heavy (non-hydrogen) atoms. The molecule has 0 spiro atoms. The third-order valence-corrected chi connectivity index (χ3v) is 3.14. The molecule has 1 aromatic rings. The lowest BCUT2D eigenvalue weighted by Crippen LogP contribution is -2.21. The highest BCUT2D eigenvalue weighted by Crippen LogP contribution is 2.21. The molecule has 1 rings (SSSR count). The van der Waals surface area contributed by atoms with Crippen molar-refractivity contribution in [1.29, 1.82) is 0 Å². The first-order chi connectivity index (χ1) is 8.02. The van der Waals surface area contributed by atoms with Gasteiger partial charge in [-0.15, -0.1) is 0 Å². The van der Waals surface area contributed by atoms with Gasteiger partial charge in [-0.2, -0.15) is 0 Å². The first-order valence-electron chi connectivity index (χ1n) is 5.72. The Morgan fingerprint density at radius 2 is 2.12 bits per heavy atom. The topological polar surface area (TPSA) is 38.3 Å². The van der Waals surface area contributed by atoms with E-state index in [-0.39, 0.29) is 0 Å². The van der Waals surface area contributed by atoms with Crippen molar-refractivity contribution in [3.05, 3.63) is 29.3 Å². The van der Waals surface area contributed by atoms with Crippen LogP contribution in [-0.2, 0) is 23.1 Å². The lowest BCUT2D eigenvalue weighted by atomic mass is 10.1. The van der Waals surface area contributed by atoms with E-state index in [1.54, 1.807) is 13.4 Å². The molecule has 1 atom stereocenters. The zero-order valence-corrected chi connectivity index (χ0v) is 11.8. The summed E-state index contributed by atoms with van der Waals surface area (Å²) in [5, 5.41) is 3.36.